The van der Waals surface area contributed by atoms with Gasteiger partial charge in [0.15, 0.2) is 6.10 Å². The summed E-state index contributed by atoms with van der Waals surface area (Å²) < 4.78 is 38.4. The number of ether oxygens (including phenoxy) is 3. The maximum absolute atomic E-state index is 12.6. The minimum absolute atomic E-state index is 0.0479. The van der Waals surface area contributed by atoms with Crippen LogP contribution in [-0.4, -0.2) is 77.9 Å². The number of hydrogen-bond acceptors (Lipinski definition) is 10. The van der Waals surface area contributed by atoms with Gasteiger partial charge in [-0.15, -0.1) is 0 Å². The summed E-state index contributed by atoms with van der Waals surface area (Å²) in [7, 11) is -4.65. The average molecular weight is 835 g/mol. The molecule has 0 spiro atoms. The van der Waals surface area contributed by atoms with E-state index in [0.717, 1.165) is 83.5 Å². The van der Waals surface area contributed by atoms with Crippen LogP contribution in [0.15, 0.2) is 85.1 Å². The van der Waals surface area contributed by atoms with Gasteiger partial charge in [0.25, 0.3) is 0 Å². The smallest absolute Gasteiger partial charge is 0.462 e. The molecule has 58 heavy (non-hydrogen) atoms. The highest BCUT2D eigenvalue weighted by Crippen LogP contribution is 2.43. The van der Waals surface area contributed by atoms with Crippen molar-refractivity contribution in [2.24, 2.45) is 0 Å². The van der Waals surface area contributed by atoms with E-state index < -0.39 is 51.8 Å². The van der Waals surface area contributed by atoms with Crippen molar-refractivity contribution >= 4 is 19.8 Å². The summed E-state index contributed by atoms with van der Waals surface area (Å²) >= 11 is 0. The molecule has 0 saturated carbocycles. The molecule has 0 aliphatic carbocycles. The lowest BCUT2D eigenvalue weighted by atomic mass is 10.1. The highest BCUT2D eigenvalue weighted by Gasteiger charge is 2.36. The molecule has 5 atom stereocenters. The van der Waals surface area contributed by atoms with Crippen LogP contribution in [-0.2, 0) is 37.4 Å². The predicted octanol–water partition coefficient (Wildman–Crippen LogP) is 10.4. The SMILES string of the molecule is CC/C=C\C/C=C\C/C=C\C/C=C\C/C=C\C/C=C\CCC(=O)O[C@H](COC(=O)CCCCCCCC1OC1C/C=C\CCCCC)COP(=O)(O)OC[C@@H](O)CO. The first-order chi connectivity index (χ1) is 28.2. The van der Waals surface area contributed by atoms with E-state index in [0.29, 0.717) is 25.0 Å². The fourth-order valence-corrected chi connectivity index (χ4v) is 6.34. The van der Waals surface area contributed by atoms with Gasteiger partial charge in [-0.2, -0.15) is 0 Å². The fourth-order valence-electron chi connectivity index (χ4n) is 5.55. The molecule has 1 saturated heterocycles. The molecule has 3 N–H and O–H groups in total. The zero-order chi connectivity index (χ0) is 42.4. The minimum atomic E-state index is -4.65. The van der Waals surface area contributed by atoms with Crippen molar-refractivity contribution in [1.82, 2.24) is 0 Å². The second-order valence-electron chi connectivity index (χ2n) is 14.4. The zero-order valence-corrected chi connectivity index (χ0v) is 36.3. The number of unbranched alkanes of at least 4 members (excludes halogenated alkanes) is 7. The van der Waals surface area contributed by atoms with E-state index in [-0.39, 0.29) is 19.4 Å². The third-order valence-corrected chi connectivity index (χ3v) is 9.92. The number of carbonyl (C=O) groups is 2. The van der Waals surface area contributed by atoms with Gasteiger partial charge in [0.05, 0.1) is 32.0 Å². The van der Waals surface area contributed by atoms with Crippen molar-refractivity contribution in [2.45, 2.75) is 167 Å². The van der Waals surface area contributed by atoms with Crippen LogP contribution in [0.5, 0.6) is 0 Å². The molecule has 0 bridgehead atoms. The van der Waals surface area contributed by atoms with Gasteiger partial charge >= 0.3 is 19.8 Å². The first-order valence-electron chi connectivity index (χ1n) is 21.7. The number of epoxide rings is 1. The van der Waals surface area contributed by atoms with E-state index in [1.54, 1.807) is 0 Å². The molecule has 330 valence electrons. The van der Waals surface area contributed by atoms with Crippen LogP contribution < -0.4 is 0 Å². The third-order valence-electron chi connectivity index (χ3n) is 8.97. The van der Waals surface area contributed by atoms with Crippen LogP contribution in [0.4, 0.5) is 0 Å². The molecule has 12 heteroatoms. The summed E-state index contributed by atoms with van der Waals surface area (Å²) in [6.45, 7) is 2.10. The quantitative estimate of drug-likeness (QED) is 0.0178. The summed E-state index contributed by atoms with van der Waals surface area (Å²) in [5.74, 6) is -1.05. The lowest BCUT2D eigenvalue weighted by Gasteiger charge is -2.20. The molecular weight excluding hydrogens is 759 g/mol. The Morgan fingerprint density at radius 3 is 1.83 bits per heavy atom. The molecular formula is C46H75O11P. The van der Waals surface area contributed by atoms with E-state index in [1.165, 1.54) is 19.3 Å². The van der Waals surface area contributed by atoms with Gasteiger partial charge in [-0.3, -0.25) is 18.6 Å². The number of hydrogen-bond donors (Lipinski definition) is 3. The van der Waals surface area contributed by atoms with Crippen LogP contribution in [0.1, 0.15) is 142 Å². The summed E-state index contributed by atoms with van der Waals surface area (Å²) in [6, 6.07) is 0. The summed E-state index contributed by atoms with van der Waals surface area (Å²) in [4.78, 5) is 35.0. The van der Waals surface area contributed by atoms with Crippen LogP contribution in [0.25, 0.3) is 0 Å². The number of phosphoric acid groups is 1. The van der Waals surface area contributed by atoms with Gasteiger partial charge in [0.1, 0.15) is 12.7 Å². The monoisotopic (exact) mass is 835 g/mol. The first-order valence-corrected chi connectivity index (χ1v) is 23.2. The molecule has 0 aromatic heterocycles. The van der Waals surface area contributed by atoms with Crippen molar-refractivity contribution in [3.05, 3.63) is 85.1 Å². The Morgan fingerprint density at radius 2 is 1.21 bits per heavy atom. The Bertz CT molecular complexity index is 1300. The van der Waals surface area contributed by atoms with E-state index >= 15 is 0 Å². The molecule has 1 aliphatic heterocycles. The first kappa shape index (κ1) is 53.1. The molecule has 1 rings (SSSR count). The van der Waals surface area contributed by atoms with Crippen LogP contribution in [0, 0.1) is 0 Å². The number of esters is 2. The van der Waals surface area contributed by atoms with Crippen molar-refractivity contribution < 1.29 is 52.5 Å². The molecule has 11 nitrogen and oxygen atoms in total. The largest absolute Gasteiger partial charge is 0.472 e. The Balaban J connectivity index is 2.33. The second-order valence-corrected chi connectivity index (χ2v) is 15.8. The number of allylic oxidation sites excluding steroid dienone is 13. The number of phosphoric ester groups is 1. The normalized spacial score (nSPS) is 18.2. The molecule has 0 radical (unpaired) electrons. The van der Waals surface area contributed by atoms with Gasteiger partial charge in [-0.1, -0.05) is 137 Å². The molecule has 3 unspecified atom stereocenters. The molecule has 0 amide bonds. The molecule has 0 aromatic carbocycles. The van der Waals surface area contributed by atoms with Gasteiger partial charge in [-0.05, 0) is 77.0 Å². The Kier molecular flexibility index (Phi) is 34.0. The van der Waals surface area contributed by atoms with E-state index in [2.05, 4.69) is 91.3 Å². The third kappa shape index (κ3) is 34.0. The average Bonchev–Trinajstić information content (AvgIpc) is 3.97. The zero-order valence-electron chi connectivity index (χ0n) is 35.4. The molecule has 0 aromatic rings. The van der Waals surface area contributed by atoms with Crippen molar-refractivity contribution in [2.75, 3.05) is 26.4 Å². The minimum Gasteiger partial charge on any atom is -0.462 e. The highest BCUT2D eigenvalue weighted by atomic mass is 31.2. The second kappa shape index (κ2) is 37.1. The lowest BCUT2D eigenvalue weighted by Crippen LogP contribution is -2.29. The lowest BCUT2D eigenvalue weighted by molar-refractivity contribution is -0.161. The van der Waals surface area contributed by atoms with Crippen LogP contribution >= 0.6 is 7.82 Å². The number of aliphatic hydroxyl groups excluding tert-OH is 2. The molecule has 1 fully saturated rings. The summed E-state index contributed by atoms with van der Waals surface area (Å²) in [5, 5.41) is 18.3. The Hall–Kier alpha value is -2.89. The van der Waals surface area contributed by atoms with Gasteiger partial charge < -0.3 is 29.3 Å². The number of aliphatic hydroxyl groups is 2. The maximum atomic E-state index is 12.6. The highest BCUT2D eigenvalue weighted by molar-refractivity contribution is 7.47. The van der Waals surface area contributed by atoms with E-state index in [9.17, 15) is 24.2 Å². The number of rotatable bonds is 38. The number of carbonyl (C=O) groups excluding carboxylic acids is 2. The van der Waals surface area contributed by atoms with Crippen LogP contribution in [0.3, 0.4) is 0 Å². The van der Waals surface area contributed by atoms with Gasteiger partial charge in [-0.25, -0.2) is 4.57 Å². The molecule has 1 aliphatic rings. The fraction of sp³-hybridized carbons (Fsp3) is 0.652. The standard InChI is InChI=1S/C46H75O11P/c1-3-5-7-9-11-12-13-14-15-16-17-18-19-20-21-22-23-27-32-36-46(50)56-42(40-55-58(51,52)54-38-41(48)37-47)39-53-45(49)35-31-28-24-26-30-34-44-43(57-44)33-29-25-10-8-6-4-2/h5,7,11-12,14-15,17-18,20-21,23,25,27,29,41-44,47-48H,3-4,6,8-10,13,16,19,22,24,26,28,30-40H2,1-2H3,(H,51,52)/b7-5-,12-11-,15-14-,18-17-,21-20-,27-23-,29-25-/t41-,42+,43?,44?/m0/s1. The summed E-state index contributed by atoms with van der Waals surface area (Å²) in [6.07, 6.45) is 45.8. The van der Waals surface area contributed by atoms with Gasteiger partial charge in [0.2, 0.25) is 0 Å². The predicted molar refractivity (Wildman–Crippen MR) is 232 cm³/mol. The topological polar surface area (TPSA) is 161 Å². The molecule has 1 heterocycles. The van der Waals surface area contributed by atoms with Gasteiger partial charge in [0, 0.05) is 12.8 Å². The van der Waals surface area contributed by atoms with Crippen molar-refractivity contribution in [1.29, 1.82) is 0 Å². The Morgan fingerprint density at radius 1 is 0.638 bits per heavy atom. The van der Waals surface area contributed by atoms with Crippen molar-refractivity contribution in [3.8, 4) is 0 Å². The van der Waals surface area contributed by atoms with Crippen LogP contribution in [0.2, 0.25) is 0 Å². The maximum Gasteiger partial charge on any atom is 0.472 e. The van der Waals surface area contributed by atoms with E-state index in [4.69, 9.17) is 23.8 Å². The van der Waals surface area contributed by atoms with E-state index in [1.807, 2.05) is 12.2 Å². The summed E-state index contributed by atoms with van der Waals surface area (Å²) in [5.41, 5.74) is 0. The van der Waals surface area contributed by atoms with Crippen molar-refractivity contribution in [3.63, 3.8) is 0 Å². The Labute approximate surface area is 349 Å².